The summed E-state index contributed by atoms with van der Waals surface area (Å²) in [6.45, 7) is 12.1. The normalized spacial score (nSPS) is 17.2. The van der Waals surface area contributed by atoms with Crippen LogP contribution in [0.3, 0.4) is 0 Å². The summed E-state index contributed by atoms with van der Waals surface area (Å²) < 4.78 is 3.90. The standard InChI is InChI=1S/C17H33N3O5PS2/c1-8-16(6,12(22)18-9-11(2)21)10-17(7,27)13(23)28(26)20-19-14(24)25-15(3,4)5/h11,20-21,27H,8-10H2,1-7H3,(H,18,22)(H,19,24)/q-1. The second kappa shape index (κ2) is 11.0. The van der Waals surface area contributed by atoms with E-state index in [0.29, 0.717) is 6.42 Å². The number of carbonyl (C=O) groups is 3. The van der Waals surface area contributed by atoms with E-state index >= 15 is 0 Å². The Labute approximate surface area is 177 Å². The van der Waals surface area contributed by atoms with Crippen LogP contribution in [0.25, 0.3) is 0 Å². The molecule has 0 rings (SSSR count). The Morgan fingerprint density at radius 2 is 1.75 bits per heavy atom. The molecule has 11 heteroatoms. The fourth-order valence-corrected chi connectivity index (χ4v) is 4.64. The van der Waals surface area contributed by atoms with Crippen LogP contribution in [-0.2, 0) is 24.4 Å². The van der Waals surface area contributed by atoms with Gasteiger partial charge in [0, 0.05) is 0 Å². The fraction of sp³-hybridized carbons (Fsp3) is 0.824. The summed E-state index contributed by atoms with van der Waals surface area (Å²) in [5, 5.41) is 11.7. The predicted molar refractivity (Wildman–Crippen MR) is 117 cm³/mol. The molecule has 3 atom stereocenters. The number of hydrogen-bond acceptors (Lipinski definition) is 8. The molecule has 0 aliphatic carbocycles. The molecule has 8 nitrogen and oxygen atoms in total. The quantitative estimate of drug-likeness (QED) is 0.166. The van der Waals surface area contributed by atoms with Gasteiger partial charge in [-0.25, -0.2) is 0 Å². The molecule has 0 aromatic rings. The molecule has 0 saturated carbocycles. The Kier molecular flexibility index (Phi) is 10.8. The number of amides is 2. The molecular formula is C17H33N3O5PS2-. The van der Waals surface area contributed by atoms with E-state index < -0.39 is 38.0 Å². The van der Waals surface area contributed by atoms with Crippen LogP contribution in [0.4, 0.5) is 4.79 Å². The van der Waals surface area contributed by atoms with Crippen molar-refractivity contribution >= 4 is 47.6 Å². The number of hydrogen-bond donors (Lipinski definition) is 5. The van der Waals surface area contributed by atoms with Gasteiger partial charge >= 0.3 is 177 Å². The molecule has 0 spiro atoms. The van der Waals surface area contributed by atoms with Crippen LogP contribution in [0.5, 0.6) is 0 Å². The molecule has 164 valence electrons. The fourth-order valence-electron chi connectivity index (χ4n) is 2.30. The van der Waals surface area contributed by atoms with Crippen LogP contribution in [0.1, 0.15) is 61.3 Å². The molecule has 0 fully saturated rings. The molecule has 0 aromatic carbocycles. The van der Waals surface area contributed by atoms with Crippen molar-refractivity contribution in [3.63, 3.8) is 0 Å². The topological polar surface area (TPSA) is 117 Å². The zero-order valence-corrected chi connectivity index (χ0v) is 20.2. The number of aliphatic hydroxyl groups is 1. The number of hydrazine groups is 1. The second-order valence-corrected chi connectivity index (χ2v) is 11.5. The number of aliphatic hydroxyl groups excluding tert-OH is 1. The van der Waals surface area contributed by atoms with E-state index in [1.165, 1.54) is 0 Å². The summed E-state index contributed by atoms with van der Waals surface area (Å²) in [4.78, 5) is 39.5. The van der Waals surface area contributed by atoms with Crippen LogP contribution in [0, 0.1) is 5.41 Å². The molecule has 0 bridgehead atoms. The van der Waals surface area contributed by atoms with E-state index in [1.54, 1.807) is 41.5 Å². The Hall–Kier alpha value is -0.540. The second-order valence-electron chi connectivity index (χ2n) is 8.22. The molecule has 0 aliphatic rings. The molecule has 4 N–H and O–H groups in total. The zero-order valence-electron chi connectivity index (χ0n) is 17.6. The summed E-state index contributed by atoms with van der Waals surface area (Å²) in [5.74, 6) is -0.261. The van der Waals surface area contributed by atoms with Gasteiger partial charge in [-0.2, -0.15) is 0 Å². The van der Waals surface area contributed by atoms with Crippen LogP contribution >= 0.6 is 20.4 Å². The first-order valence-corrected chi connectivity index (χ1v) is 11.7. The Balaban J connectivity index is 5.01. The Bertz CT molecular complexity index is 655. The minimum atomic E-state index is -1.35. The summed E-state index contributed by atoms with van der Waals surface area (Å²) in [6, 6.07) is 0. The van der Waals surface area contributed by atoms with Gasteiger partial charge in [0.15, 0.2) is 0 Å². The summed E-state index contributed by atoms with van der Waals surface area (Å²) in [5.41, 5.74) is 0.749. The Morgan fingerprint density at radius 1 is 1.21 bits per heavy atom. The number of thiol groups is 1. The molecule has 0 aliphatic heterocycles. The van der Waals surface area contributed by atoms with Gasteiger partial charge in [0.2, 0.25) is 0 Å². The number of ether oxygens (including phenoxy) is 1. The van der Waals surface area contributed by atoms with Gasteiger partial charge in [-0.05, 0) is 0 Å². The molecule has 0 radical (unpaired) electrons. The van der Waals surface area contributed by atoms with Gasteiger partial charge in [0.25, 0.3) is 0 Å². The monoisotopic (exact) mass is 454 g/mol. The maximum atomic E-state index is 12.8. The van der Waals surface area contributed by atoms with Crippen molar-refractivity contribution in [2.75, 3.05) is 6.54 Å². The van der Waals surface area contributed by atoms with Crippen molar-refractivity contribution in [1.82, 2.24) is 15.6 Å². The third-order valence-electron chi connectivity index (χ3n) is 3.88. The first kappa shape index (κ1) is 27.5. The summed E-state index contributed by atoms with van der Waals surface area (Å²) in [7, 11) is 2.87. The van der Waals surface area contributed by atoms with E-state index in [2.05, 4.69) is 36.0 Å². The molecule has 0 saturated heterocycles. The SMILES string of the molecule is CCC(C)(CC(C)(S)C(=O)[S-](#P)NNC(=O)OC(C)(C)C)C(=O)NCC(C)O. The van der Waals surface area contributed by atoms with Gasteiger partial charge < -0.3 is 0 Å². The van der Waals surface area contributed by atoms with Gasteiger partial charge in [-0.15, -0.1) is 0 Å². The third kappa shape index (κ3) is 9.78. The minimum absolute atomic E-state index is 0.129. The van der Waals surface area contributed by atoms with Gasteiger partial charge in [0.1, 0.15) is 0 Å². The molecule has 0 heterocycles. The van der Waals surface area contributed by atoms with Crippen LogP contribution in [0.15, 0.2) is 0 Å². The van der Waals surface area contributed by atoms with Gasteiger partial charge in [-0.3, -0.25) is 0 Å². The molecular weight excluding hydrogens is 421 g/mol. The molecule has 2 amide bonds. The van der Waals surface area contributed by atoms with Gasteiger partial charge in [-0.1, -0.05) is 0 Å². The average Bonchev–Trinajstić information content (AvgIpc) is 2.54. The molecule has 0 aromatic heterocycles. The van der Waals surface area contributed by atoms with E-state index in [4.69, 9.17) is 4.74 Å². The van der Waals surface area contributed by atoms with E-state index in [0.717, 1.165) is 0 Å². The molecule has 28 heavy (non-hydrogen) atoms. The van der Waals surface area contributed by atoms with Crippen molar-refractivity contribution in [3.05, 3.63) is 0 Å². The first-order valence-electron chi connectivity index (χ1n) is 8.95. The van der Waals surface area contributed by atoms with Crippen molar-refractivity contribution < 1.29 is 24.2 Å². The Morgan fingerprint density at radius 3 is 2.18 bits per heavy atom. The van der Waals surface area contributed by atoms with Crippen molar-refractivity contribution in [3.8, 4) is 0 Å². The van der Waals surface area contributed by atoms with Crippen LogP contribution in [-0.4, -0.2) is 45.2 Å². The predicted octanol–water partition coefficient (Wildman–Crippen LogP) is 2.39. The van der Waals surface area contributed by atoms with Crippen LogP contribution < -0.4 is 15.6 Å². The van der Waals surface area contributed by atoms with E-state index in [9.17, 15) is 19.5 Å². The zero-order chi connectivity index (χ0) is 22.3. The van der Waals surface area contributed by atoms with Gasteiger partial charge in [0.05, 0.1) is 0 Å². The summed E-state index contributed by atoms with van der Waals surface area (Å²) >= 11 is 4.48. The van der Waals surface area contributed by atoms with Crippen molar-refractivity contribution in [2.45, 2.75) is 77.8 Å². The summed E-state index contributed by atoms with van der Waals surface area (Å²) in [6.07, 6.45) is -0.766. The number of rotatable bonds is 8. The average molecular weight is 455 g/mol. The molecule has 3 unspecified atom stereocenters. The number of nitrogens with one attached hydrogen (secondary N) is 3. The third-order valence-corrected chi connectivity index (χ3v) is 6.27. The van der Waals surface area contributed by atoms with Crippen molar-refractivity contribution in [2.24, 2.45) is 5.41 Å². The van der Waals surface area contributed by atoms with Crippen molar-refractivity contribution in [1.29, 1.82) is 0 Å². The van der Waals surface area contributed by atoms with Crippen LogP contribution in [0.2, 0.25) is 0 Å². The first-order chi connectivity index (χ1) is 12.5. The maximum absolute atomic E-state index is 12.8. The van der Waals surface area contributed by atoms with E-state index in [1.807, 2.05) is 6.92 Å². The number of carbonyl (C=O) groups excluding carboxylic acids is 3. The van der Waals surface area contributed by atoms with E-state index in [-0.39, 0.29) is 24.0 Å².